The standard InChI is InChI=1S/C26H21NO4/c1-28-21-8-3-17(4-9-21)23-13-20(19-7-12-25-26(15-19)31-16-30-25)14-24(27-23)18-5-10-22(29-2)11-6-18/h3-15H,16H2,1-2H3. The Kier molecular flexibility index (Phi) is 4.92. The Morgan fingerprint density at radius 3 is 1.65 bits per heavy atom. The van der Waals surface area contributed by atoms with Crippen LogP contribution in [0.15, 0.2) is 78.9 Å². The van der Waals surface area contributed by atoms with Crippen molar-refractivity contribution in [1.82, 2.24) is 4.98 Å². The summed E-state index contributed by atoms with van der Waals surface area (Å²) in [5, 5.41) is 0. The number of benzene rings is 3. The average Bonchev–Trinajstić information content (AvgIpc) is 3.32. The number of hydrogen-bond donors (Lipinski definition) is 0. The summed E-state index contributed by atoms with van der Waals surface area (Å²) in [6.07, 6.45) is 0. The zero-order valence-electron chi connectivity index (χ0n) is 17.3. The number of aromatic nitrogens is 1. The fraction of sp³-hybridized carbons (Fsp3) is 0.115. The first-order chi connectivity index (χ1) is 15.2. The van der Waals surface area contributed by atoms with Gasteiger partial charge in [0, 0.05) is 11.1 Å². The van der Waals surface area contributed by atoms with Gasteiger partial charge in [-0.3, -0.25) is 0 Å². The first-order valence-electron chi connectivity index (χ1n) is 9.94. The third-order valence-electron chi connectivity index (χ3n) is 5.30. The molecular formula is C26H21NO4. The van der Waals surface area contributed by atoms with E-state index in [1.165, 1.54) is 0 Å². The molecule has 3 aromatic carbocycles. The van der Waals surface area contributed by atoms with Crippen LogP contribution in [0, 0.1) is 0 Å². The molecular weight excluding hydrogens is 390 g/mol. The summed E-state index contributed by atoms with van der Waals surface area (Å²) in [6.45, 7) is 0.253. The van der Waals surface area contributed by atoms with E-state index in [0.29, 0.717) is 0 Å². The van der Waals surface area contributed by atoms with E-state index >= 15 is 0 Å². The van der Waals surface area contributed by atoms with Crippen LogP contribution in [0.5, 0.6) is 23.0 Å². The smallest absolute Gasteiger partial charge is 0.231 e. The highest BCUT2D eigenvalue weighted by molar-refractivity contribution is 5.78. The van der Waals surface area contributed by atoms with Crippen molar-refractivity contribution in [3.63, 3.8) is 0 Å². The van der Waals surface area contributed by atoms with Crippen LogP contribution in [0.25, 0.3) is 33.6 Å². The topological polar surface area (TPSA) is 49.8 Å². The Morgan fingerprint density at radius 2 is 1.10 bits per heavy atom. The van der Waals surface area contributed by atoms with Crippen molar-refractivity contribution in [3.8, 4) is 56.6 Å². The molecule has 31 heavy (non-hydrogen) atoms. The van der Waals surface area contributed by atoms with E-state index in [0.717, 1.165) is 56.6 Å². The van der Waals surface area contributed by atoms with Gasteiger partial charge in [-0.15, -0.1) is 0 Å². The Bertz CT molecular complexity index is 1150. The van der Waals surface area contributed by atoms with Gasteiger partial charge in [0.1, 0.15) is 11.5 Å². The predicted octanol–water partition coefficient (Wildman–Crippen LogP) is 5.83. The maximum absolute atomic E-state index is 5.58. The molecule has 1 aliphatic heterocycles. The Labute approximate surface area is 180 Å². The molecule has 0 fully saturated rings. The predicted molar refractivity (Wildman–Crippen MR) is 120 cm³/mol. The summed E-state index contributed by atoms with van der Waals surface area (Å²) in [4.78, 5) is 4.95. The molecule has 1 aliphatic rings. The lowest BCUT2D eigenvalue weighted by Crippen LogP contribution is -1.93. The molecule has 154 valence electrons. The van der Waals surface area contributed by atoms with E-state index in [4.69, 9.17) is 23.9 Å². The average molecular weight is 411 g/mol. The van der Waals surface area contributed by atoms with Gasteiger partial charge in [-0.25, -0.2) is 4.98 Å². The highest BCUT2D eigenvalue weighted by atomic mass is 16.7. The van der Waals surface area contributed by atoms with Crippen molar-refractivity contribution < 1.29 is 18.9 Å². The summed E-state index contributed by atoms with van der Waals surface area (Å²) in [5.41, 5.74) is 5.87. The van der Waals surface area contributed by atoms with E-state index in [1.54, 1.807) is 14.2 Å². The van der Waals surface area contributed by atoms with Crippen molar-refractivity contribution >= 4 is 0 Å². The van der Waals surface area contributed by atoms with E-state index in [9.17, 15) is 0 Å². The quantitative estimate of drug-likeness (QED) is 0.414. The second-order valence-corrected chi connectivity index (χ2v) is 7.15. The lowest BCUT2D eigenvalue weighted by Gasteiger charge is -2.11. The zero-order valence-corrected chi connectivity index (χ0v) is 17.3. The minimum Gasteiger partial charge on any atom is -0.497 e. The summed E-state index contributed by atoms with van der Waals surface area (Å²) in [7, 11) is 3.32. The number of rotatable bonds is 5. The molecule has 1 aromatic heterocycles. The Balaban J connectivity index is 1.63. The number of fused-ring (bicyclic) bond motifs is 1. The minimum absolute atomic E-state index is 0.253. The molecule has 5 heteroatoms. The number of methoxy groups -OCH3 is 2. The van der Waals surface area contributed by atoms with Crippen LogP contribution in [0.3, 0.4) is 0 Å². The fourth-order valence-electron chi connectivity index (χ4n) is 3.59. The Morgan fingerprint density at radius 1 is 0.581 bits per heavy atom. The van der Waals surface area contributed by atoms with Gasteiger partial charge in [-0.05, 0) is 83.9 Å². The molecule has 2 heterocycles. The van der Waals surface area contributed by atoms with Gasteiger partial charge >= 0.3 is 0 Å². The molecule has 0 spiro atoms. The maximum Gasteiger partial charge on any atom is 0.231 e. The van der Waals surface area contributed by atoms with Gasteiger partial charge in [0.15, 0.2) is 11.5 Å². The van der Waals surface area contributed by atoms with Crippen molar-refractivity contribution in [2.75, 3.05) is 21.0 Å². The molecule has 4 aromatic rings. The summed E-state index contributed by atoms with van der Waals surface area (Å²) in [5.74, 6) is 3.15. The SMILES string of the molecule is COc1ccc(-c2cc(-c3ccc4c(c3)OCO4)cc(-c3ccc(OC)cc3)n2)cc1. The van der Waals surface area contributed by atoms with Crippen molar-refractivity contribution in [2.45, 2.75) is 0 Å². The molecule has 0 atom stereocenters. The molecule has 0 radical (unpaired) electrons. The van der Waals surface area contributed by atoms with Gasteiger partial charge in [0.25, 0.3) is 0 Å². The van der Waals surface area contributed by atoms with Crippen LogP contribution in [0.1, 0.15) is 0 Å². The normalized spacial score (nSPS) is 11.9. The molecule has 5 rings (SSSR count). The first kappa shape index (κ1) is 19.0. The highest BCUT2D eigenvalue weighted by Gasteiger charge is 2.15. The second kappa shape index (κ2) is 8.03. The first-order valence-corrected chi connectivity index (χ1v) is 9.94. The van der Waals surface area contributed by atoms with E-state index < -0.39 is 0 Å². The van der Waals surface area contributed by atoms with Crippen molar-refractivity contribution in [3.05, 3.63) is 78.9 Å². The van der Waals surface area contributed by atoms with Crippen LogP contribution >= 0.6 is 0 Å². The summed E-state index contributed by atoms with van der Waals surface area (Å²) >= 11 is 0. The van der Waals surface area contributed by atoms with Gasteiger partial charge in [-0.1, -0.05) is 6.07 Å². The van der Waals surface area contributed by atoms with E-state index in [2.05, 4.69) is 12.1 Å². The molecule has 0 saturated carbocycles. The monoisotopic (exact) mass is 411 g/mol. The number of ether oxygens (including phenoxy) is 4. The Hall–Kier alpha value is -3.99. The number of hydrogen-bond acceptors (Lipinski definition) is 5. The fourth-order valence-corrected chi connectivity index (χ4v) is 3.59. The van der Waals surface area contributed by atoms with Crippen LogP contribution < -0.4 is 18.9 Å². The molecule has 0 unspecified atom stereocenters. The molecule has 5 nitrogen and oxygen atoms in total. The largest absolute Gasteiger partial charge is 0.497 e. The zero-order chi connectivity index (χ0) is 21.2. The third kappa shape index (κ3) is 3.78. The minimum atomic E-state index is 0.253. The molecule has 0 N–H and O–H groups in total. The summed E-state index contributed by atoms with van der Waals surface area (Å²) < 4.78 is 21.6. The van der Waals surface area contributed by atoms with Crippen molar-refractivity contribution in [2.24, 2.45) is 0 Å². The summed E-state index contributed by atoms with van der Waals surface area (Å²) in [6, 6.07) is 26.0. The van der Waals surface area contributed by atoms with Gasteiger partial charge in [0.2, 0.25) is 6.79 Å². The second-order valence-electron chi connectivity index (χ2n) is 7.15. The van der Waals surface area contributed by atoms with Crippen LogP contribution in [0.2, 0.25) is 0 Å². The van der Waals surface area contributed by atoms with Gasteiger partial charge < -0.3 is 18.9 Å². The van der Waals surface area contributed by atoms with Gasteiger partial charge in [-0.2, -0.15) is 0 Å². The van der Waals surface area contributed by atoms with E-state index in [-0.39, 0.29) is 6.79 Å². The third-order valence-corrected chi connectivity index (χ3v) is 5.30. The number of nitrogens with zero attached hydrogens (tertiary/aromatic N) is 1. The molecule has 0 aliphatic carbocycles. The van der Waals surface area contributed by atoms with E-state index in [1.807, 2.05) is 66.7 Å². The van der Waals surface area contributed by atoms with Gasteiger partial charge in [0.05, 0.1) is 25.6 Å². The molecule has 0 bridgehead atoms. The maximum atomic E-state index is 5.58. The van der Waals surface area contributed by atoms with Crippen LogP contribution in [-0.2, 0) is 0 Å². The molecule has 0 saturated heterocycles. The molecule has 0 amide bonds. The number of pyridine rings is 1. The highest BCUT2D eigenvalue weighted by Crippen LogP contribution is 2.38. The lowest BCUT2D eigenvalue weighted by molar-refractivity contribution is 0.174. The lowest BCUT2D eigenvalue weighted by atomic mass is 9.99. The van der Waals surface area contributed by atoms with Crippen molar-refractivity contribution in [1.29, 1.82) is 0 Å². The van der Waals surface area contributed by atoms with Crippen LogP contribution in [0.4, 0.5) is 0 Å². The van der Waals surface area contributed by atoms with Crippen LogP contribution in [-0.4, -0.2) is 26.0 Å².